The van der Waals surface area contributed by atoms with Gasteiger partial charge in [0.05, 0.1) is 0 Å². The van der Waals surface area contributed by atoms with Crippen molar-refractivity contribution in [2.24, 2.45) is 0 Å². The first-order valence-corrected chi connectivity index (χ1v) is 6.86. The smallest absolute Gasteiger partial charge is 0.237 e. The summed E-state index contributed by atoms with van der Waals surface area (Å²) in [5, 5.41) is -0.884. The number of amides is 1. The fourth-order valence-electron chi connectivity index (χ4n) is 1.49. The van der Waals surface area contributed by atoms with Crippen molar-refractivity contribution in [3.63, 3.8) is 0 Å². The van der Waals surface area contributed by atoms with E-state index in [2.05, 4.69) is 9.97 Å². The van der Waals surface area contributed by atoms with Gasteiger partial charge in [-0.25, -0.2) is 18.4 Å². The standard InChI is InChI=1S/C8H8ClN3O3S/c9-16(14,15)6-4-7(13)12(5-6)8-10-2-1-3-11-8/h1-3,6H,4-5H2. The highest BCUT2D eigenvalue weighted by Gasteiger charge is 2.38. The zero-order valence-corrected chi connectivity index (χ0v) is 9.65. The number of hydrogen-bond acceptors (Lipinski definition) is 5. The second kappa shape index (κ2) is 3.99. The van der Waals surface area contributed by atoms with Gasteiger partial charge < -0.3 is 0 Å². The van der Waals surface area contributed by atoms with Crippen LogP contribution in [0.1, 0.15) is 6.42 Å². The molecule has 2 heterocycles. The minimum absolute atomic E-state index is 0.00861. The second-order valence-corrected chi connectivity index (χ2v) is 6.26. The third kappa shape index (κ3) is 2.14. The Morgan fingerprint density at radius 2 is 2.00 bits per heavy atom. The summed E-state index contributed by atoms with van der Waals surface area (Å²) < 4.78 is 22.2. The van der Waals surface area contributed by atoms with Crippen molar-refractivity contribution in [3.8, 4) is 0 Å². The molecule has 1 aromatic heterocycles. The van der Waals surface area contributed by atoms with Crippen molar-refractivity contribution >= 4 is 31.6 Å². The van der Waals surface area contributed by atoms with Gasteiger partial charge in [0.2, 0.25) is 20.9 Å². The summed E-state index contributed by atoms with van der Waals surface area (Å²) >= 11 is 0. The zero-order chi connectivity index (χ0) is 11.8. The lowest BCUT2D eigenvalue weighted by atomic mass is 10.4. The molecular formula is C8H8ClN3O3S. The van der Waals surface area contributed by atoms with Crippen molar-refractivity contribution in [2.45, 2.75) is 11.7 Å². The highest BCUT2D eigenvalue weighted by molar-refractivity contribution is 8.14. The van der Waals surface area contributed by atoms with Crippen molar-refractivity contribution < 1.29 is 13.2 Å². The van der Waals surface area contributed by atoms with Crippen LogP contribution >= 0.6 is 10.7 Å². The Labute approximate surface area is 96.7 Å². The zero-order valence-electron chi connectivity index (χ0n) is 8.08. The number of aromatic nitrogens is 2. The lowest BCUT2D eigenvalue weighted by molar-refractivity contribution is -0.117. The predicted molar refractivity (Wildman–Crippen MR) is 57.6 cm³/mol. The molecule has 1 aromatic rings. The van der Waals surface area contributed by atoms with Crippen LogP contribution in [0, 0.1) is 0 Å². The molecule has 0 saturated carbocycles. The van der Waals surface area contributed by atoms with Crippen LogP contribution in [0.2, 0.25) is 0 Å². The van der Waals surface area contributed by atoms with E-state index in [0.717, 1.165) is 0 Å². The fourth-order valence-corrected chi connectivity index (χ4v) is 2.51. The Balaban J connectivity index is 2.25. The Hall–Kier alpha value is -1.21. The van der Waals surface area contributed by atoms with Gasteiger partial charge in [0, 0.05) is 36.0 Å². The molecule has 8 heteroatoms. The maximum atomic E-state index is 11.6. The maximum Gasteiger partial charge on any atom is 0.237 e. The number of anilines is 1. The molecule has 0 aliphatic carbocycles. The molecule has 86 valence electrons. The van der Waals surface area contributed by atoms with Gasteiger partial charge in [-0.3, -0.25) is 9.69 Å². The van der Waals surface area contributed by atoms with Gasteiger partial charge in [0.15, 0.2) is 0 Å². The van der Waals surface area contributed by atoms with Crippen LogP contribution in [0.15, 0.2) is 18.5 Å². The molecule has 1 amide bonds. The van der Waals surface area contributed by atoms with Gasteiger partial charge in [0.25, 0.3) is 0 Å². The van der Waals surface area contributed by atoms with Gasteiger partial charge in [0.1, 0.15) is 5.25 Å². The Kier molecular flexibility index (Phi) is 2.81. The van der Waals surface area contributed by atoms with E-state index in [1.54, 1.807) is 6.07 Å². The van der Waals surface area contributed by atoms with Crippen LogP contribution in [0.4, 0.5) is 5.95 Å². The van der Waals surface area contributed by atoms with E-state index in [1.807, 2.05) is 0 Å². The van der Waals surface area contributed by atoms with Gasteiger partial charge in [-0.1, -0.05) is 0 Å². The van der Waals surface area contributed by atoms with Crippen molar-refractivity contribution in [1.82, 2.24) is 9.97 Å². The number of rotatable bonds is 2. The summed E-state index contributed by atoms with van der Waals surface area (Å²) in [5.41, 5.74) is 0. The maximum absolute atomic E-state index is 11.6. The lowest BCUT2D eigenvalue weighted by Gasteiger charge is -2.12. The first kappa shape index (κ1) is 11.3. The normalized spacial score (nSPS) is 21.4. The molecule has 6 nitrogen and oxygen atoms in total. The summed E-state index contributed by atoms with van der Waals surface area (Å²) in [4.78, 5) is 20.5. The number of hydrogen-bond donors (Lipinski definition) is 0. The Bertz CT molecular complexity index is 505. The van der Waals surface area contributed by atoms with Gasteiger partial charge in [-0.15, -0.1) is 0 Å². The van der Waals surface area contributed by atoms with E-state index < -0.39 is 14.3 Å². The minimum Gasteiger partial charge on any atom is -0.279 e. The van der Waals surface area contributed by atoms with E-state index in [0.29, 0.717) is 0 Å². The first-order chi connectivity index (χ1) is 7.48. The molecule has 0 aromatic carbocycles. The molecule has 0 radical (unpaired) electrons. The third-order valence-corrected chi connectivity index (χ3v) is 4.15. The van der Waals surface area contributed by atoms with E-state index in [-0.39, 0.29) is 24.8 Å². The van der Waals surface area contributed by atoms with E-state index in [9.17, 15) is 13.2 Å². The number of carbonyl (C=O) groups is 1. The molecule has 1 aliphatic rings. The average molecular weight is 262 g/mol. The highest BCUT2D eigenvalue weighted by atomic mass is 35.7. The van der Waals surface area contributed by atoms with E-state index in [4.69, 9.17) is 10.7 Å². The molecule has 1 aliphatic heterocycles. The van der Waals surface area contributed by atoms with Crippen LogP contribution < -0.4 is 4.90 Å². The van der Waals surface area contributed by atoms with Gasteiger partial charge in [-0.05, 0) is 6.07 Å². The quantitative estimate of drug-likeness (QED) is 0.708. The topological polar surface area (TPSA) is 80.2 Å². The Morgan fingerprint density at radius 1 is 1.38 bits per heavy atom. The van der Waals surface area contributed by atoms with Crippen molar-refractivity contribution in [1.29, 1.82) is 0 Å². The summed E-state index contributed by atoms with van der Waals surface area (Å²) in [7, 11) is 1.49. The predicted octanol–water partition coefficient (Wildman–Crippen LogP) is 0.150. The van der Waals surface area contributed by atoms with E-state index in [1.165, 1.54) is 17.3 Å². The SMILES string of the molecule is O=C1CC(S(=O)(=O)Cl)CN1c1ncccn1. The van der Waals surface area contributed by atoms with E-state index >= 15 is 0 Å². The summed E-state index contributed by atoms with van der Waals surface area (Å²) in [6, 6.07) is 1.61. The highest BCUT2D eigenvalue weighted by Crippen LogP contribution is 2.23. The van der Waals surface area contributed by atoms with Crippen LogP contribution in [0.5, 0.6) is 0 Å². The second-order valence-electron chi connectivity index (χ2n) is 3.35. The van der Waals surface area contributed by atoms with Crippen LogP contribution in [-0.2, 0) is 13.8 Å². The molecule has 2 rings (SSSR count). The lowest BCUT2D eigenvalue weighted by Crippen LogP contribution is -2.28. The molecule has 0 bridgehead atoms. The van der Waals surface area contributed by atoms with Crippen molar-refractivity contribution in [2.75, 3.05) is 11.4 Å². The number of nitrogens with zero attached hydrogens (tertiary/aromatic N) is 3. The first-order valence-electron chi connectivity index (χ1n) is 4.49. The van der Waals surface area contributed by atoms with Crippen LogP contribution in [-0.4, -0.2) is 36.1 Å². The Morgan fingerprint density at radius 3 is 2.50 bits per heavy atom. The van der Waals surface area contributed by atoms with Crippen molar-refractivity contribution in [3.05, 3.63) is 18.5 Å². The summed E-state index contributed by atoms with van der Waals surface area (Å²) in [6.45, 7) is 0.00861. The molecule has 1 fully saturated rings. The largest absolute Gasteiger partial charge is 0.279 e. The molecule has 16 heavy (non-hydrogen) atoms. The third-order valence-electron chi connectivity index (χ3n) is 2.28. The van der Waals surface area contributed by atoms with Gasteiger partial charge >= 0.3 is 0 Å². The fraction of sp³-hybridized carbons (Fsp3) is 0.375. The van der Waals surface area contributed by atoms with Crippen LogP contribution in [0.3, 0.4) is 0 Å². The average Bonchev–Trinajstić information content (AvgIpc) is 2.61. The summed E-state index contributed by atoms with van der Waals surface area (Å²) in [5.74, 6) is -0.129. The van der Waals surface area contributed by atoms with Crippen LogP contribution in [0.25, 0.3) is 0 Å². The molecule has 1 atom stereocenters. The number of carbonyl (C=O) groups excluding carboxylic acids is 1. The minimum atomic E-state index is -3.72. The van der Waals surface area contributed by atoms with Gasteiger partial charge in [-0.2, -0.15) is 0 Å². The molecule has 1 unspecified atom stereocenters. The molecule has 1 saturated heterocycles. The molecule has 0 spiro atoms. The molecule has 0 N–H and O–H groups in total. The monoisotopic (exact) mass is 261 g/mol. The summed E-state index contributed by atoms with van der Waals surface area (Å²) in [6.07, 6.45) is 2.85. The molecular weight excluding hydrogens is 254 g/mol. The number of halogens is 1.